The average molecular weight is 476 g/mol. The van der Waals surface area contributed by atoms with Crippen molar-refractivity contribution >= 4 is 29.2 Å². The number of benzene rings is 1. The van der Waals surface area contributed by atoms with E-state index in [1.54, 1.807) is 18.2 Å². The van der Waals surface area contributed by atoms with Crippen molar-refractivity contribution in [2.75, 3.05) is 18.4 Å². The number of nitrogens with one attached hydrogen (secondary N) is 2. The van der Waals surface area contributed by atoms with Gasteiger partial charge in [-0.1, -0.05) is 23.7 Å². The third kappa shape index (κ3) is 5.15. The number of piperidine rings is 1. The normalized spacial score (nSPS) is 16.0. The maximum absolute atomic E-state index is 14.3. The fraction of sp³-hybridized carbons (Fsp3) is 0.348. The van der Waals surface area contributed by atoms with E-state index in [1.807, 2.05) is 11.8 Å². The first-order valence-electron chi connectivity index (χ1n) is 10.6. The maximum Gasteiger partial charge on any atom is 0.310 e. The second-order valence-corrected chi connectivity index (χ2v) is 8.85. The maximum atomic E-state index is 14.3. The van der Waals surface area contributed by atoms with Gasteiger partial charge in [0.05, 0.1) is 10.4 Å². The van der Waals surface area contributed by atoms with Gasteiger partial charge in [-0.2, -0.15) is 5.10 Å². The number of anilines is 2. The van der Waals surface area contributed by atoms with Crippen molar-refractivity contribution in [3.8, 4) is 0 Å². The first-order chi connectivity index (χ1) is 15.8. The fourth-order valence-electron chi connectivity index (χ4n) is 4.14. The van der Waals surface area contributed by atoms with Gasteiger partial charge in [0, 0.05) is 36.0 Å². The van der Waals surface area contributed by atoms with Crippen LogP contribution in [0.3, 0.4) is 0 Å². The molecule has 1 aliphatic rings. The van der Waals surface area contributed by atoms with Crippen LogP contribution in [0.2, 0.25) is 5.02 Å². The fourth-order valence-corrected chi connectivity index (χ4v) is 4.33. The number of nitrogens with zero attached hydrogens (tertiary/aromatic N) is 3. The summed E-state index contributed by atoms with van der Waals surface area (Å²) < 4.78 is 28.5. The largest absolute Gasteiger partial charge is 0.481 e. The first kappa shape index (κ1) is 23.1. The Labute approximate surface area is 194 Å². The lowest BCUT2D eigenvalue weighted by molar-refractivity contribution is -0.152. The quantitative estimate of drug-likeness (QED) is 0.458. The third-order valence-electron chi connectivity index (χ3n) is 6.07. The SMILES string of the molecule is Cc1cc(Nc2nc(CC3(C(=O)O)CCN(Cc4cccc(Cl)c4F)CC3)ccc2F)n[nH]1. The molecule has 0 amide bonds. The Kier molecular flexibility index (Phi) is 6.62. The summed E-state index contributed by atoms with van der Waals surface area (Å²) in [6, 6.07) is 9.37. The molecule has 0 aliphatic carbocycles. The molecule has 0 saturated carbocycles. The number of likely N-dealkylation sites (tertiary alicyclic amines) is 1. The topological polar surface area (TPSA) is 94.1 Å². The van der Waals surface area contributed by atoms with Crippen LogP contribution in [0, 0.1) is 24.0 Å². The molecule has 1 saturated heterocycles. The van der Waals surface area contributed by atoms with Crippen LogP contribution < -0.4 is 5.32 Å². The number of rotatable bonds is 7. The van der Waals surface area contributed by atoms with E-state index in [9.17, 15) is 18.7 Å². The highest BCUT2D eigenvalue weighted by Crippen LogP contribution is 2.36. The zero-order valence-corrected chi connectivity index (χ0v) is 18.8. The van der Waals surface area contributed by atoms with E-state index in [0.717, 1.165) is 5.69 Å². The lowest BCUT2D eigenvalue weighted by atomic mass is 9.74. The van der Waals surface area contributed by atoms with Gasteiger partial charge in [0.15, 0.2) is 17.5 Å². The molecule has 1 aliphatic heterocycles. The van der Waals surface area contributed by atoms with Crippen LogP contribution in [0.4, 0.5) is 20.4 Å². The predicted molar refractivity (Wildman–Crippen MR) is 120 cm³/mol. The van der Waals surface area contributed by atoms with Crippen molar-refractivity contribution in [3.05, 3.63) is 70.0 Å². The smallest absolute Gasteiger partial charge is 0.310 e. The van der Waals surface area contributed by atoms with Crippen LogP contribution in [-0.4, -0.2) is 44.2 Å². The van der Waals surface area contributed by atoms with Crippen molar-refractivity contribution in [3.63, 3.8) is 0 Å². The summed E-state index contributed by atoms with van der Waals surface area (Å²) >= 11 is 5.87. The first-order valence-corrected chi connectivity index (χ1v) is 11.0. The van der Waals surface area contributed by atoms with Gasteiger partial charge in [0.25, 0.3) is 0 Å². The summed E-state index contributed by atoms with van der Waals surface area (Å²) in [7, 11) is 0. The number of hydrogen-bond donors (Lipinski definition) is 3. The van der Waals surface area contributed by atoms with Gasteiger partial charge in [-0.25, -0.2) is 13.8 Å². The molecule has 0 atom stereocenters. The van der Waals surface area contributed by atoms with Crippen molar-refractivity contribution in [1.29, 1.82) is 0 Å². The number of carboxylic acid groups (broad SMARTS) is 1. The Balaban J connectivity index is 1.46. The molecule has 0 bridgehead atoms. The van der Waals surface area contributed by atoms with Gasteiger partial charge in [-0.05, 0) is 51.1 Å². The summed E-state index contributed by atoms with van der Waals surface area (Å²) in [6.07, 6.45) is 0.895. The number of carbonyl (C=O) groups is 1. The molecule has 3 N–H and O–H groups in total. The molecule has 3 aromatic rings. The summed E-state index contributed by atoms with van der Waals surface area (Å²) in [6.45, 7) is 3.14. The van der Waals surface area contributed by atoms with E-state index in [-0.39, 0.29) is 17.3 Å². The zero-order valence-electron chi connectivity index (χ0n) is 18.0. The number of carboxylic acids is 1. The van der Waals surface area contributed by atoms with Crippen LogP contribution in [0.5, 0.6) is 0 Å². The Morgan fingerprint density at radius 2 is 2.03 bits per heavy atom. The lowest BCUT2D eigenvalue weighted by Gasteiger charge is -2.39. The molecule has 2 aromatic heterocycles. The van der Waals surface area contributed by atoms with E-state index < -0.39 is 23.0 Å². The highest BCUT2D eigenvalue weighted by molar-refractivity contribution is 6.30. The molecule has 3 heterocycles. The molecule has 10 heteroatoms. The van der Waals surface area contributed by atoms with Crippen LogP contribution in [0.15, 0.2) is 36.4 Å². The van der Waals surface area contributed by atoms with Gasteiger partial charge in [-0.15, -0.1) is 0 Å². The number of hydrogen-bond acceptors (Lipinski definition) is 5. The van der Waals surface area contributed by atoms with E-state index in [1.165, 1.54) is 18.2 Å². The Hall–Kier alpha value is -3.04. The molecular weight excluding hydrogens is 452 g/mol. The Morgan fingerprint density at radius 1 is 1.27 bits per heavy atom. The van der Waals surface area contributed by atoms with Crippen molar-refractivity contribution in [1.82, 2.24) is 20.1 Å². The Bertz CT molecular complexity index is 1160. The third-order valence-corrected chi connectivity index (χ3v) is 6.36. The molecule has 1 aromatic carbocycles. The minimum Gasteiger partial charge on any atom is -0.481 e. The molecule has 7 nitrogen and oxygen atoms in total. The van der Waals surface area contributed by atoms with Gasteiger partial charge in [0.1, 0.15) is 5.82 Å². The lowest BCUT2D eigenvalue weighted by Crippen LogP contribution is -2.45. The molecule has 1 fully saturated rings. The molecule has 0 spiro atoms. The second-order valence-electron chi connectivity index (χ2n) is 8.45. The zero-order chi connectivity index (χ0) is 23.6. The number of pyridine rings is 1. The highest BCUT2D eigenvalue weighted by atomic mass is 35.5. The molecule has 4 rings (SSSR count). The molecule has 0 radical (unpaired) electrons. The number of halogens is 3. The number of aryl methyl sites for hydroxylation is 1. The van der Waals surface area contributed by atoms with Crippen LogP contribution in [0.25, 0.3) is 0 Å². The highest BCUT2D eigenvalue weighted by Gasteiger charge is 2.42. The monoisotopic (exact) mass is 475 g/mol. The summed E-state index contributed by atoms with van der Waals surface area (Å²) in [4.78, 5) is 18.6. The van der Waals surface area contributed by atoms with Crippen LogP contribution >= 0.6 is 11.6 Å². The van der Waals surface area contributed by atoms with Gasteiger partial charge < -0.3 is 10.4 Å². The molecular formula is C23H24ClF2N5O2. The molecule has 33 heavy (non-hydrogen) atoms. The molecule has 174 valence electrons. The van der Waals surface area contributed by atoms with Crippen molar-refractivity contribution in [2.45, 2.75) is 32.7 Å². The van der Waals surface area contributed by atoms with Crippen molar-refractivity contribution < 1.29 is 18.7 Å². The van der Waals surface area contributed by atoms with E-state index in [0.29, 0.717) is 49.6 Å². The van der Waals surface area contributed by atoms with Crippen molar-refractivity contribution in [2.24, 2.45) is 5.41 Å². The van der Waals surface area contributed by atoms with Crippen LogP contribution in [0.1, 0.15) is 29.8 Å². The van der Waals surface area contributed by atoms with Crippen LogP contribution in [-0.2, 0) is 17.8 Å². The second kappa shape index (κ2) is 9.44. The summed E-state index contributed by atoms with van der Waals surface area (Å²) in [5.74, 6) is -1.50. The average Bonchev–Trinajstić information content (AvgIpc) is 3.19. The standard InChI is InChI=1S/C23H24ClF2N5O2/c1-14-11-19(30-29-14)28-21-18(25)6-5-16(27-21)12-23(22(32)33)7-9-31(10-8-23)13-15-3-2-4-17(24)20(15)26/h2-6,11H,7-10,12-13H2,1H3,(H,32,33)(H2,27,28,29,30). The molecule has 0 unspecified atom stereocenters. The number of aromatic amines is 1. The van der Waals surface area contributed by atoms with E-state index in [2.05, 4.69) is 20.5 Å². The van der Waals surface area contributed by atoms with Gasteiger partial charge in [0.2, 0.25) is 0 Å². The predicted octanol–water partition coefficient (Wildman–Crippen LogP) is 4.70. The summed E-state index contributed by atoms with van der Waals surface area (Å²) in [5.41, 5.74) is 0.732. The number of aliphatic carboxylic acids is 1. The van der Waals surface area contributed by atoms with Gasteiger partial charge in [-0.3, -0.25) is 14.8 Å². The number of aromatic nitrogens is 3. The minimum atomic E-state index is -1.03. The van der Waals surface area contributed by atoms with E-state index in [4.69, 9.17) is 11.6 Å². The van der Waals surface area contributed by atoms with Gasteiger partial charge >= 0.3 is 5.97 Å². The summed E-state index contributed by atoms with van der Waals surface area (Å²) in [5, 5.41) is 19.7. The Morgan fingerprint density at radius 3 is 2.70 bits per heavy atom. The minimum absolute atomic E-state index is 0.00611. The number of H-pyrrole nitrogens is 1. The van der Waals surface area contributed by atoms with E-state index >= 15 is 0 Å².